The van der Waals surface area contributed by atoms with E-state index >= 15 is 0 Å². The number of para-hydroxylation sites is 1. The molecule has 1 unspecified atom stereocenters. The number of hydrogen-bond acceptors (Lipinski definition) is 5. The SMILES string of the molecule is COC1CCN(c2ccccc2C(N2CCN(C(=O)OC(C)(C)C)CC2)C(F)(F)F)CC1. The van der Waals surface area contributed by atoms with Gasteiger partial charge in [-0.25, -0.2) is 4.79 Å². The summed E-state index contributed by atoms with van der Waals surface area (Å²) in [5.74, 6) is 0. The maximum Gasteiger partial charge on any atom is 0.410 e. The van der Waals surface area contributed by atoms with Crippen molar-refractivity contribution < 1.29 is 27.4 Å². The minimum atomic E-state index is -4.44. The first-order chi connectivity index (χ1) is 15.0. The molecule has 2 saturated heterocycles. The number of carbonyl (C=O) groups excluding carboxylic acids is 1. The zero-order valence-electron chi connectivity index (χ0n) is 19.3. The molecule has 1 atom stereocenters. The number of piperazine rings is 1. The summed E-state index contributed by atoms with van der Waals surface area (Å²) in [6.07, 6.45) is -3.19. The molecule has 2 heterocycles. The molecule has 1 amide bonds. The Morgan fingerprint density at radius 2 is 1.59 bits per heavy atom. The molecule has 6 nitrogen and oxygen atoms in total. The van der Waals surface area contributed by atoms with Crippen LogP contribution in [0.1, 0.15) is 45.2 Å². The number of methoxy groups -OCH3 is 1. The fourth-order valence-electron chi connectivity index (χ4n) is 4.41. The molecule has 1 aromatic rings. The van der Waals surface area contributed by atoms with Crippen LogP contribution in [0.3, 0.4) is 0 Å². The first-order valence-electron chi connectivity index (χ1n) is 11.1. The van der Waals surface area contributed by atoms with Gasteiger partial charge < -0.3 is 19.3 Å². The average molecular weight is 458 g/mol. The largest absolute Gasteiger partial charge is 0.444 e. The number of anilines is 1. The molecule has 3 rings (SSSR count). The Labute approximate surface area is 188 Å². The fraction of sp³-hybridized carbons (Fsp3) is 0.696. The zero-order valence-corrected chi connectivity index (χ0v) is 19.3. The first kappa shape index (κ1) is 24.6. The van der Waals surface area contributed by atoms with Crippen molar-refractivity contribution in [2.45, 2.75) is 57.5 Å². The van der Waals surface area contributed by atoms with Crippen LogP contribution in [0.4, 0.5) is 23.7 Å². The van der Waals surface area contributed by atoms with Crippen LogP contribution in [0.2, 0.25) is 0 Å². The Kier molecular flexibility index (Phi) is 7.60. The maximum atomic E-state index is 14.3. The Balaban J connectivity index is 1.77. The van der Waals surface area contributed by atoms with Gasteiger partial charge in [0, 0.05) is 57.6 Å². The predicted octanol–water partition coefficient (Wildman–Crippen LogP) is 4.46. The summed E-state index contributed by atoms with van der Waals surface area (Å²) in [6, 6.07) is 5.08. The molecule has 9 heteroatoms. The summed E-state index contributed by atoms with van der Waals surface area (Å²) in [7, 11) is 1.67. The molecule has 1 aromatic carbocycles. The number of nitrogens with zero attached hydrogens (tertiary/aromatic N) is 3. The highest BCUT2D eigenvalue weighted by molar-refractivity contribution is 5.68. The van der Waals surface area contributed by atoms with E-state index in [-0.39, 0.29) is 37.8 Å². The second kappa shape index (κ2) is 9.87. The van der Waals surface area contributed by atoms with Gasteiger partial charge >= 0.3 is 12.3 Å². The normalized spacial score (nSPS) is 20.3. The molecule has 180 valence electrons. The van der Waals surface area contributed by atoms with E-state index in [1.807, 2.05) is 4.90 Å². The molecule has 0 N–H and O–H groups in total. The molecular weight excluding hydrogens is 423 g/mol. The molecule has 2 fully saturated rings. The van der Waals surface area contributed by atoms with Gasteiger partial charge in [0.25, 0.3) is 0 Å². The summed E-state index contributed by atoms with van der Waals surface area (Å²) in [6.45, 7) is 7.28. The van der Waals surface area contributed by atoms with E-state index < -0.39 is 23.9 Å². The predicted molar refractivity (Wildman–Crippen MR) is 117 cm³/mol. The number of benzene rings is 1. The number of ether oxygens (including phenoxy) is 2. The number of alkyl halides is 3. The highest BCUT2D eigenvalue weighted by Crippen LogP contribution is 2.42. The maximum absolute atomic E-state index is 14.3. The molecule has 32 heavy (non-hydrogen) atoms. The van der Waals surface area contributed by atoms with Crippen LogP contribution >= 0.6 is 0 Å². The molecule has 2 aliphatic heterocycles. The van der Waals surface area contributed by atoms with E-state index in [9.17, 15) is 18.0 Å². The van der Waals surface area contributed by atoms with E-state index in [1.54, 1.807) is 52.1 Å². The molecule has 0 radical (unpaired) electrons. The van der Waals surface area contributed by atoms with Gasteiger partial charge in [-0.2, -0.15) is 13.2 Å². The van der Waals surface area contributed by atoms with E-state index in [0.717, 1.165) is 12.8 Å². The average Bonchev–Trinajstić information content (AvgIpc) is 2.73. The summed E-state index contributed by atoms with van der Waals surface area (Å²) in [5.41, 5.74) is 0.248. The summed E-state index contributed by atoms with van der Waals surface area (Å²) in [4.78, 5) is 17.3. The monoisotopic (exact) mass is 457 g/mol. The van der Waals surface area contributed by atoms with Gasteiger partial charge in [-0.3, -0.25) is 4.90 Å². The molecular formula is C23H34F3N3O3. The van der Waals surface area contributed by atoms with Crippen LogP contribution in [0, 0.1) is 0 Å². The van der Waals surface area contributed by atoms with E-state index in [4.69, 9.17) is 9.47 Å². The highest BCUT2D eigenvalue weighted by atomic mass is 19.4. The third-order valence-corrected chi connectivity index (χ3v) is 5.99. The van der Waals surface area contributed by atoms with Crippen molar-refractivity contribution >= 4 is 11.8 Å². The number of hydrogen-bond donors (Lipinski definition) is 0. The van der Waals surface area contributed by atoms with Gasteiger partial charge in [0.05, 0.1) is 6.10 Å². The Morgan fingerprint density at radius 1 is 1.00 bits per heavy atom. The van der Waals surface area contributed by atoms with Crippen molar-refractivity contribution in [1.82, 2.24) is 9.80 Å². The second-order valence-corrected chi connectivity index (χ2v) is 9.43. The van der Waals surface area contributed by atoms with E-state index in [0.29, 0.717) is 18.8 Å². The van der Waals surface area contributed by atoms with Gasteiger partial charge in [0.15, 0.2) is 0 Å². The van der Waals surface area contributed by atoms with Crippen LogP contribution in [-0.2, 0) is 9.47 Å². The van der Waals surface area contributed by atoms with Crippen LogP contribution < -0.4 is 4.90 Å². The molecule has 2 aliphatic rings. The van der Waals surface area contributed by atoms with Crippen LogP contribution in [0.25, 0.3) is 0 Å². The van der Waals surface area contributed by atoms with E-state index in [2.05, 4.69) is 0 Å². The number of rotatable bonds is 4. The van der Waals surface area contributed by atoms with Gasteiger partial charge in [-0.05, 0) is 39.7 Å². The fourth-order valence-corrected chi connectivity index (χ4v) is 4.41. The van der Waals surface area contributed by atoms with Gasteiger partial charge in [0.2, 0.25) is 0 Å². The smallest absolute Gasteiger partial charge is 0.410 e. The highest BCUT2D eigenvalue weighted by Gasteiger charge is 2.47. The Hall–Kier alpha value is -2.00. The van der Waals surface area contributed by atoms with Crippen LogP contribution in [-0.4, -0.2) is 80.2 Å². The molecule has 0 aromatic heterocycles. The third kappa shape index (κ3) is 6.07. The zero-order chi connectivity index (χ0) is 23.5. The lowest BCUT2D eigenvalue weighted by Gasteiger charge is -2.42. The summed E-state index contributed by atoms with van der Waals surface area (Å²) < 4.78 is 53.8. The minimum absolute atomic E-state index is 0.128. The van der Waals surface area contributed by atoms with Crippen molar-refractivity contribution in [3.8, 4) is 0 Å². The quantitative estimate of drug-likeness (QED) is 0.668. The van der Waals surface area contributed by atoms with Gasteiger partial charge in [-0.15, -0.1) is 0 Å². The summed E-state index contributed by atoms with van der Waals surface area (Å²) in [5, 5.41) is 0. The molecule has 0 bridgehead atoms. The van der Waals surface area contributed by atoms with Gasteiger partial charge in [-0.1, -0.05) is 18.2 Å². The lowest BCUT2D eigenvalue weighted by Crippen LogP contribution is -2.53. The minimum Gasteiger partial charge on any atom is -0.444 e. The lowest BCUT2D eigenvalue weighted by molar-refractivity contribution is -0.189. The van der Waals surface area contributed by atoms with Crippen molar-refractivity contribution in [1.29, 1.82) is 0 Å². The van der Waals surface area contributed by atoms with Crippen molar-refractivity contribution in [2.24, 2.45) is 0 Å². The molecule has 0 saturated carbocycles. The number of piperidine rings is 1. The number of amides is 1. The van der Waals surface area contributed by atoms with Crippen molar-refractivity contribution in [3.05, 3.63) is 29.8 Å². The second-order valence-electron chi connectivity index (χ2n) is 9.43. The third-order valence-electron chi connectivity index (χ3n) is 5.99. The first-order valence-corrected chi connectivity index (χ1v) is 11.1. The van der Waals surface area contributed by atoms with E-state index in [1.165, 1.54) is 9.80 Å². The number of halogens is 3. The molecule has 0 spiro atoms. The summed E-state index contributed by atoms with van der Waals surface area (Å²) >= 11 is 0. The standard InChI is InChI=1S/C23H34F3N3O3/c1-22(2,3)32-21(30)29-15-13-28(14-16-29)20(23(24,25)26)18-7-5-6-8-19(18)27-11-9-17(31-4)10-12-27/h5-8,17,20H,9-16H2,1-4H3. The van der Waals surface area contributed by atoms with Crippen LogP contribution in [0.5, 0.6) is 0 Å². The Bertz CT molecular complexity index is 766. The number of carbonyl (C=O) groups is 1. The van der Waals surface area contributed by atoms with Gasteiger partial charge in [0.1, 0.15) is 11.6 Å². The lowest BCUT2D eigenvalue weighted by atomic mass is 9.98. The van der Waals surface area contributed by atoms with Crippen LogP contribution in [0.15, 0.2) is 24.3 Å². The van der Waals surface area contributed by atoms with Crippen molar-refractivity contribution in [2.75, 3.05) is 51.3 Å². The topological polar surface area (TPSA) is 45.2 Å². The molecule has 0 aliphatic carbocycles. The van der Waals surface area contributed by atoms with Crippen molar-refractivity contribution in [3.63, 3.8) is 0 Å². The Morgan fingerprint density at radius 3 is 2.12 bits per heavy atom.